The second kappa shape index (κ2) is 5.37. The quantitative estimate of drug-likeness (QED) is 0.903. The molecule has 2 fully saturated rings. The molecule has 0 aliphatic carbocycles. The maximum absolute atomic E-state index is 13.9. The van der Waals surface area contributed by atoms with E-state index in [1.54, 1.807) is 6.07 Å². The lowest BCUT2D eigenvalue weighted by atomic mass is 9.97. The molecule has 0 saturated carbocycles. The van der Waals surface area contributed by atoms with Crippen molar-refractivity contribution < 1.29 is 8.78 Å². The molecule has 2 aliphatic rings. The minimum Gasteiger partial charge on any atom is -0.377 e. The summed E-state index contributed by atoms with van der Waals surface area (Å²) in [5.41, 5.74) is -0.0865. The standard InChI is InChI=1S/C15H17F2N3/c16-13-6-10(9-18)7-14(17)15(13)19-11-3-5-20-4-1-2-12(20)8-11/h6-7,11-12,19H,1-5,8H2. The Labute approximate surface area is 117 Å². The first kappa shape index (κ1) is 13.3. The highest BCUT2D eigenvalue weighted by atomic mass is 19.1. The Bertz CT molecular complexity index is 530. The van der Waals surface area contributed by atoms with Crippen LogP contribution in [0.2, 0.25) is 0 Å². The minimum absolute atomic E-state index is 0.0103. The summed E-state index contributed by atoms with van der Waals surface area (Å²) in [5, 5.41) is 11.7. The third kappa shape index (κ3) is 2.48. The van der Waals surface area contributed by atoms with E-state index in [4.69, 9.17) is 5.26 Å². The molecule has 2 atom stereocenters. The van der Waals surface area contributed by atoms with Gasteiger partial charge >= 0.3 is 0 Å². The Balaban J connectivity index is 1.73. The molecule has 2 saturated heterocycles. The number of fused-ring (bicyclic) bond motifs is 1. The van der Waals surface area contributed by atoms with Gasteiger partial charge in [-0.05, 0) is 44.4 Å². The molecule has 5 heteroatoms. The largest absolute Gasteiger partial charge is 0.377 e. The van der Waals surface area contributed by atoms with Gasteiger partial charge in [0, 0.05) is 18.6 Å². The summed E-state index contributed by atoms with van der Waals surface area (Å²) in [5.74, 6) is -1.37. The fraction of sp³-hybridized carbons (Fsp3) is 0.533. The van der Waals surface area contributed by atoms with Gasteiger partial charge in [-0.15, -0.1) is 0 Å². The zero-order valence-electron chi connectivity index (χ0n) is 11.2. The fourth-order valence-electron chi connectivity index (χ4n) is 3.34. The molecule has 1 aromatic rings. The number of benzene rings is 1. The van der Waals surface area contributed by atoms with Crippen LogP contribution in [0.25, 0.3) is 0 Å². The highest BCUT2D eigenvalue weighted by molar-refractivity contribution is 5.51. The maximum atomic E-state index is 13.9. The van der Waals surface area contributed by atoms with E-state index in [9.17, 15) is 8.78 Å². The third-order valence-corrected chi connectivity index (χ3v) is 4.34. The summed E-state index contributed by atoms with van der Waals surface area (Å²) in [4.78, 5) is 2.46. The molecule has 3 rings (SSSR count). The molecule has 2 unspecified atom stereocenters. The van der Waals surface area contributed by atoms with Gasteiger partial charge in [0.15, 0.2) is 11.6 Å². The number of anilines is 1. The average molecular weight is 277 g/mol. The summed E-state index contributed by atoms with van der Waals surface area (Å²) >= 11 is 0. The van der Waals surface area contributed by atoms with Crippen LogP contribution >= 0.6 is 0 Å². The molecule has 2 heterocycles. The van der Waals surface area contributed by atoms with Crippen molar-refractivity contribution in [3.05, 3.63) is 29.3 Å². The van der Waals surface area contributed by atoms with Crippen molar-refractivity contribution in [1.29, 1.82) is 5.26 Å². The van der Waals surface area contributed by atoms with Gasteiger partial charge in [0.25, 0.3) is 0 Å². The molecule has 3 nitrogen and oxygen atoms in total. The Morgan fingerprint density at radius 2 is 1.95 bits per heavy atom. The number of hydrogen-bond acceptors (Lipinski definition) is 3. The van der Waals surface area contributed by atoms with Crippen molar-refractivity contribution in [2.45, 2.75) is 37.8 Å². The van der Waals surface area contributed by atoms with Crippen LogP contribution in [0, 0.1) is 23.0 Å². The van der Waals surface area contributed by atoms with E-state index in [1.165, 1.54) is 12.8 Å². The molecule has 0 aromatic heterocycles. The van der Waals surface area contributed by atoms with Gasteiger partial charge in [-0.3, -0.25) is 0 Å². The number of nitrogens with zero attached hydrogens (tertiary/aromatic N) is 2. The summed E-state index contributed by atoms with van der Waals surface area (Å²) in [7, 11) is 0. The Morgan fingerprint density at radius 1 is 1.20 bits per heavy atom. The van der Waals surface area contributed by atoms with E-state index in [2.05, 4.69) is 10.2 Å². The van der Waals surface area contributed by atoms with E-state index >= 15 is 0 Å². The van der Waals surface area contributed by atoms with Crippen LogP contribution in [-0.4, -0.2) is 30.1 Å². The highest BCUT2D eigenvalue weighted by Crippen LogP contribution is 2.30. The zero-order chi connectivity index (χ0) is 14.1. The van der Waals surface area contributed by atoms with Crippen molar-refractivity contribution in [2.24, 2.45) is 0 Å². The van der Waals surface area contributed by atoms with Crippen molar-refractivity contribution in [3.8, 4) is 6.07 Å². The normalized spacial score (nSPS) is 26.1. The Hall–Kier alpha value is -1.67. The first-order valence-electron chi connectivity index (χ1n) is 7.07. The van der Waals surface area contributed by atoms with Gasteiger partial charge in [0.1, 0.15) is 5.69 Å². The summed E-state index contributed by atoms with van der Waals surface area (Å²) < 4.78 is 27.7. The molecule has 0 spiro atoms. The smallest absolute Gasteiger partial charge is 0.150 e. The maximum Gasteiger partial charge on any atom is 0.150 e. The first-order valence-corrected chi connectivity index (χ1v) is 7.07. The second-order valence-corrected chi connectivity index (χ2v) is 5.62. The van der Waals surface area contributed by atoms with Crippen LogP contribution in [0.5, 0.6) is 0 Å². The molecule has 1 aromatic carbocycles. The van der Waals surface area contributed by atoms with Crippen molar-refractivity contribution in [2.75, 3.05) is 18.4 Å². The lowest BCUT2D eigenvalue weighted by molar-refractivity contribution is 0.188. The summed E-state index contributed by atoms with van der Waals surface area (Å²) in [6.45, 7) is 2.14. The number of hydrogen-bond donors (Lipinski definition) is 1. The average Bonchev–Trinajstić information content (AvgIpc) is 2.90. The molecular formula is C15H17F2N3. The molecular weight excluding hydrogens is 260 g/mol. The van der Waals surface area contributed by atoms with Gasteiger partial charge in [0.2, 0.25) is 0 Å². The van der Waals surface area contributed by atoms with Gasteiger partial charge < -0.3 is 10.2 Å². The van der Waals surface area contributed by atoms with Crippen LogP contribution in [0.3, 0.4) is 0 Å². The van der Waals surface area contributed by atoms with Crippen LogP contribution in [0.1, 0.15) is 31.2 Å². The number of piperidine rings is 1. The summed E-state index contributed by atoms with van der Waals surface area (Å²) in [6.07, 6.45) is 4.22. The van der Waals surface area contributed by atoms with E-state index < -0.39 is 11.6 Å². The molecule has 0 amide bonds. The number of rotatable bonds is 2. The van der Waals surface area contributed by atoms with Gasteiger partial charge in [-0.1, -0.05) is 0 Å². The second-order valence-electron chi connectivity index (χ2n) is 5.62. The first-order chi connectivity index (χ1) is 9.67. The van der Waals surface area contributed by atoms with E-state index in [0.717, 1.165) is 38.1 Å². The van der Waals surface area contributed by atoms with E-state index in [0.29, 0.717) is 6.04 Å². The molecule has 2 aliphatic heterocycles. The molecule has 20 heavy (non-hydrogen) atoms. The van der Waals surface area contributed by atoms with Crippen LogP contribution in [0.15, 0.2) is 12.1 Å². The third-order valence-electron chi connectivity index (χ3n) is 4.34. The van der Waals surface area contributed by atoms with Crippen molar-refractivity contribution in [3.63, 3.8) is 0 Å². The predicted molar refractivity (Wildman–Crippen MR) is 72.3 cm³/mol. The number of nitriles is 1. The zero-order valence-corrected chi connectivity index (χ0v) is 11.2. The van der Waals surface area contributed by atoms with Gasteiger partial charge in [-0.25, -0.2) is 8.78 Å². The lowest BCUT2D eigenvalue weighted by Crippen LogP contribution is -2.43. The highest BCUT2D eigenvalue weighted by Gasteiger charge is 2.32. The van der Waals surface area contributed by atoms with E-state index in [-0.39, 0.29) is 17.3 Å². The van der Waals surface area contributed by atoms with Crippen molar-refractivity contribution in [1.82, 2.24) is 4.90 Å². The minimum atomic E-state index is -0.685. The van der Waals surface area contributed by atoms with Crippen LogP contribution < -0.4 is 5.32 Å². The van der Waals surface area contributed by atoms with E-state index in [1.807, 2.05) is 0 Å². The SMILES string of the molecule is N#Cc1cc(F)c(NC2CCN3CCCC3C2)c(F)c1. The number of halogens is 2. The van der Waals surface area contributed by atoms with Crippen molar-refractivity contribution >= 4 is 5.69 Å². The summed E-state index contributed by atoms with van der Waals surface area (Å²) in [6, 6.07) is 4.56. The topological polar surface area (TPSA) is 39.1 Å². The monoisotopic (exact) mass is 277 g/mol. The molecule has 0 bridgehead atoms. The fourth-order valence-corrected chi connectivity index (χ4v) is 3.34. The van der Waals surface area contributed by atoms with Crippen LogP contribution in [0.4, 0.5) is 14.5 Å². The Kier molecular flexibility index (Phi) is 3.58. The van der Waals surface area contributed by atoms with Gasteiger partial charge in [0.05, 0.1) is 11.6 Å². The lowest BCUT2D eigenvalue weighted by Gasteiger charge is -2.35. The number of nitrogens with one attached hydrogen (secondary N) is 1. The Morgan fingerprint density at radius 3 is 2.65 bits per heavy atom. The molecule has 0 radical (unpaired) electrons. The molecule has 1 N–H and O–H groups in total. The molecule has 106 valence electrons. The van der Waals surface area contributed by atoms with Gasteiger partial charge in [-0.2, -0.15) is 5.26 Å². The van der Waals surface area contributed by atoms with Crippen LogP contribution in [-0.2, 0) is 0 Å². The predicted octanol–water partition coefficient (Wildman–Crippen LogP) is 2.88.